The van der Waals surface area contributed by atoms with Gasteiger partial charge in [0.1, 0.15) is 0 Å². The van der Waals surface area contributed by atoms with Crippen molar-refractivity contribution in [3.63, 3.8) is 0 Å². The lowest BCUT2D eigenvalue weighted by Gasteiger charge is -2.16. The van der Waals surface area contributed by atoms with Gasteiger partial charge >= 0.3 is 0 Å². The Balaban J connectivity index is 2.33. The highest BCUT2D eigenvalue weighted by molar-refractivity contribution is 5.83. The van der Waals surface area contributed by atoms with Crippen molar-refractivity contribution in [2.24, 2.45) is 0 Å². The monoisotopic (exact) mass is 292 g/mol. The van der Waals surface area contributed by atoms with Crippen molar-refractivity contribution in [3.8, 4) is 11.4 Å². The first kappa shape index (κ1) is 14.5. The first-order valence-electron chi connectivity index (χ1n) is 7.70. The normalized spacial score (nSPS) is 11.3. The number of nitrogens with zero attached hydrogens (tertiary/aromatic N) is 2. The summed E-state index contributed by atoms with van der Waals surface area (Å²) >= 11 is 0. The molecule has 112 valence electrons. The summed E-state index contributed by atoms with van der Waals surface area (Å²) in [6, 6.07) is 13.7. The van der Waals surface area contributed by atoms with Crippen LogP contribution in [-0.2, 0) is 6.54 Å². The number of hydrogen-bond acceptors (Lipinski definition) is 2. The highest BCUT2D eigenvalue weighted by Gasteiger charge is 2.12. The van der Waals surface area contributed by atoms with Gasteiger partial charge in [-0.05, 0) is 42.7 Å². The van der Waals surface area contributed by atoms with Crippen molar-refractivity contribution in [2.45, 2.75) is 33.2 Å². The van der Waals surface area contributed by atoms with Gasteiger partial charge in [-0.2, -0.15) is 0 Å². The predicted octanol–water partition coefficient (Wildman–Crippen LogP) is 4.21. The Bertz CT molecular complexity index is 864. The zero-order valence-corrected chi connectivity index (χ0v) is 13.2. The molecule has 1 aromatic carbocycles. The summed E-state index contributed by atoms with van der Waals surface area (Å²) in [6.07, 6.45) is 1.76. The van der Waals surface area contributed by atoms with Crippen LogP contribution in [0.3, 0.4) is 0 Å². The van der Waals surface area contributed by atoms with E-state index in [-0.39, 0.29) is 5.43 Å². The van der Waals surface area contributed by atoms with Gasteiger partial charge in [-0.15, -0.1) is 0 Å². The van der Waals surface area contributed by atoms with Crippen LogP contribution in [0.5, 0.6) is 0 Å². The molecule has 22 heavy (non-hydrogen) atoms. The van der Waals surface area contributed by atoms with Gasteiger partial charge in [0.25, 0.3) is 0 Å². The maximum absolute atomic E-state index is 12.6. The van der Waals surface area contributed by atoms with Gasteiger partial charge in [0.2, 0.25) is 0 Å². The van der Waals surface area contributed by atoms with Crippen LogP contribution in [0.1, 0.15) is 32.3 Å². The fourth-order valence-electron chi connectivity index (χ4n) is 2.82. The summed E-state index contributed by atoms with van der Waals surface area (Å²) in [4.78, 5) is 17.0. The Morgan fingerprint density at radius 1 is 1.14 bits per heavy atom. The molecule has 0 fully saturated rings. The van der Waals surface area contributed by atoms with E-state index in [2.05, 4.69) is 42.5 Å². The summed E-state index contributed by atoms with van der Waals surface area (Å²) < 4.78 is 2.16. The smallest absolute Gasteiger partial charge is 0.190 e. The minimum atomic E-state index is 0.0582. The van der Waals surface area contributed by atoms with Gasteiger partial charge in [-0.3, -0.25) is 9.78 Å². The van der Waals surface area contributed by atoms with Crippen LogP contribution in [0.15, 0.2) is 53.5 Å². The number of fused-ring (bicyclic) bond motifs is 1. The fraction of sp³-hybridized carbons (Fsp3) is 0.263. The topological polar surface area (TPSA) is 34.9 Å². The lowest BCUT2D eigenvalue weighted by molar-refractivity contribution is 0.792. The second-order valence-corrected chi connectivity index (χ2v) is 5.78. The molecule has 0 aliphatic rings. The first-order chi connectivity index (χ1) is 10.6. The summed E-state index contributed by atoms with van der Waals surface area (Å²) in [5.74, 6) is 0.411. The minimum Gasteiger partial charge on any atom is -0.339 e. The molecule has 3 nitrogen and oxygen atoms in total. The molecule has 0 unspecified atom stereocenters. The third-order valence-electron chi connectivity index (χ3n) is 4.05. The lowest BCUT2D eigenvalue weighted by atomic mass is 10.0. The maximum atomic E-state index is 12.6. The van der Waals surface area contributed by atoms with Crippen molar-refractivity contribution < 1.29 is 0 Å². The summed E-state index contributed by atoms with van der Waals surface area (Å²) in [6.45, 7) is 7.17. The zero-order valence-electron chi connectivity index (χ0n) is 13.2. The van der Waals surface area contributed by atoms with Crippen LogP contribution in [0.2, 0.25) is 0 Å². The molecular formula is C19H20N2O. The van der Waals surface area contributed by atoms with E-state index in [1.54, 1.807) is 12.3 Å². The van der Waals surface area contributed by atoms with E-state index in [0.29, 0.717) is 5.92 Å². The minimum absolute atomic E-state index is 0.0582. The van der Waals surface area contributed by atoms with Crippen molar-refractivity contribution >= 4 is 10.9 Å². The average molecular weight is 292 g/mol. The largest absolute Gasteiger partial charge is 0.339 e. The zero-order chi connectivity index (χ0) is 15.7. The molecule has 0 spiro atoms. The number of hydrogen-bond donors (Lipinski definition) is 0. The molecular weight excluding hydrogens is 272 g/mol. The van der Waals surface area contributed by atoms with E-state index in [4.69, 9.17) is 0 Å². The lowest BCUT2D eigenvalue weighted by Crippen LogP contribution is -2.12. The fourth-order valence-corrected chi connectivity index (χ4v) is 2.82. The van der Waals surface area contributed by atoms with E-state index in [1.807, 2.05) is 24.3 Å². The Morgan fingerprint density at radius 3 is 2.59 bits per heavy atom. The molecule has 2 aromatic heterocycles. The molecule has 0 amide bonds. The van der Waals surface area contributed by atoms with Crippen LogP contribution in [0.25, 0.3) is 22.3 Å². The van der Waals surface area contributed by atoms with Crippen molar-refractivity contribution in [1.29, 1.82) is 0 Å². The van der Waals surface area contributed by atoms with Gasteiger partial charge in [0.15, 0.2) is 5.43 Å². The Hall–Kier alpha value is -2.42. The third-order valence-corrected chi connectivity index (χ3v) is 4.05. The van der Waals surface area contributed by atoms with E-state index in [9.17, 15) is 4.79 Å². The average Bonchev–Trinajstić information content (AvgIpc) is 2.55. The number of pyridine rings is 2. The van der Waals surface area contributed by atoms with E-state index >= 15 is 0 Å². The highest BCUT2D eigenvalue weighted by Crippen LogP contribution is 2.24. The van der Waals surface area contributed by atoms with Crippen molar-refractivity contribution in [3.05, 3.63) is 64.4 Å². The Kier molecular flexibility index (Phi) is 3.80. The molecule has 3 heteroatoms. The first-order valence-corrected chi connectivity index (χ1v) is 7.70. The van der Waals surface area contributed by atoms with Crippen molar-refractivity contribution in [1.82, 2.24) is 9.55 Å². The third kappa shape index (κ3) is 2.43. The molecule has 0 N–H and O–H groups in total. The molecule has 0 aliphatic heterocycles. The van der Waals surface area contributed by atoms with Crippen LogP contribution in [-0.4, -0.2) is 9.55 Å². The number of aryl methyl sites for hydroxylation is 1. The number of benzene rings is 1. The second-order valence-electron chi connectivity index (χ2n) is 5.78. The predicted molar refractivity (Wildman–Crippen MR) is 91.2 cm³/mol. The standard InChI is InChI=1S/C19H20N2O/c1-4-21-17-9-8-14(13(2)3)11-15(17)19(22)12-18(21)16-7-5-6-10-20-16/h5-13H,4H2,1-3H3. The molecule has 0 aliphatic carbocycles. The van der Waals surface area contributed by atoms with Gasteiger partial charge in [0, 0.05) is 24.2 Å². The van der Waals surface area contributed by atoms with E-state index in [1.165, 1.54) is 5.56 Å². The summed E-state index contributed by atoms with van der Waals surface area (Å²) in [7, 11) is 0. The van der Waals surface area contributed by atoms with Gasteiger partial charge in [-0.25, -0.2) is 0 Å². The molecule has 0 bridgehead atoms. The van der Waals surface area contributed by atoms with Gasteiger partial charge in [0.05, 0.1) is 16.9 Å². The second kappa shape index (κ2) is 5.76. The Morgan fingerprint density at radius 2 is 1.95 bits per heavy atom. The molecule has 0 saturated carbocycles. The maximum Gasteiger partial charge on any atom is 0.190 e. The molecule has 0 saturated heterocycles. The SMILES string of the molecule is CCn1c(-c2ccccn2)cc(=O)c2cc(C(C)C)ccc21. The molecule has 0 atom stereocenters. The molecule has 0 radical (unpaired) electrons. The van der Waals surface area contributed by atoms with Gasteiger partial charge < -0.3 is 4.57 Å². The van der Waals surface area contributed by atoms with E-state index < -0.39 is 0 Å². The molecule has 3 rings (SSSR count). The highest BCUT2D eigenvalue weighted by atomic mass is 16.1. The van der Waals surface area contributed by atoms with E-state index in [0.717, 1.165) is 28.8 Å². The summed E-state index contributed by atoms with van der Waals surface area (Å²) in [5.41, 5.74) is 3.93. The number of rotatable bonds is 3. The summed E-state index contributed by atoms with van der Waals surface area (Å²) in [5, 5.41) is 0.785. The number of aromatic nitrogens is 2. The molecule has 3 aromatic rings. The molecule has 2 heterocycles. The van der Waals surface area contributed by atoms with Gasteiger partial charge in [-0.1, -0.05) is 26.0 Å². The van der Waals surface area contributed by atoms with Crippen LogP contribution in [0.4, 0.5) is 0 Å². The van der Waals surface area contributed by atoms with Crippen LogP contribution < -0.4 is 5.43 Å². The quantitative estimate of drug-likeness (QED) is 0.725. The van der Waals surface area contributed by atoms with Crippen LogP contribution >= 0.6 is 0 Å². The Labute approximate surface area is 130 Å². The van der Waals surface area contributed by atoms with Crippen molar-refractivity contribution in [2.75, 3.05) is 0 Å². The van der Waals surface area contributed by atoms with Crippen LogP contribution in [0, 0.1) is 0 Å².